The van der Waals surface area contributed by atoms with Gasteiger partial charge in [-0.3, -0.25) is 14.8 Å². The Bertz CT molecular complexity index is 1170. The maximum absolute atomic E-state index is 15.7. The zero-order chi connectivity index (χ0) is 25.5. The van der Waals surface area contributed by atoms with Crippen molar-refractivity contribution in [3.63, 3.8) is 0 Å². The number of methoxy groups -OCH3 is 1. The molecular formula is C28H33ClFN3O3. The molecule has 1 fully saturated rings. The largest absolute Gasteiger partial charge is 0.497 e. The average molecular weight is 514 g/mol. The van der Waals surface area contributed by atoms with E-state index < -0.39 is 17.6 Å². The number of carbonyl (C=O) groups is 1. The lowest BCUT2D eigenvalue weighted by Crippen LogP contribution is -2.41. The quantitative estimate of drug-likeness (QED) is 0.325. The summed E-state index contributed by atoms with van der Waals surface area (Å²) in [7, 11) is 1.56. The maximum Gasteiger partial charge on any atom is 0.303 e. The molecule has 2 aromatic heterocycles. The highest BCUT2D eigenvalue weighted by Gasteiger charge is 2.37. The van der Waals surface area contributed by atoms with E-state index in [2.05, 4.69) is 14.9 Å². The van der Waals surface area contributed by atoms with Gasteiger partial charge in [-0.15, -0.1) is 0 Å². The monoisotopic (exact) mass is 513 g/mol. The minimum Gasteiger partial charge on any atom is -0.497 e. The summed E-state index contributed by atoms with van der Waals surface area (Å²) in [5.74, 6) is -0.219. The molecular weight excluding hydrogens is 481 g/mol. The fourth-order valence-electron chi connectivity index (χ4n) is 5.31. The number of alkyl halides is 1. The van der Waals surface area contributed by atoms with Crippen molar-refractivity contribution < 1.29 is 19.0 Å². The van der Waals surface area contributed by atoms with Gasteiger partial charge in [0, 0.05) is 29.0 Å². The zero-order valence-electron chi connectivity index (χ0n) is 20.6. The lowest BCUT2D eigenvalue weighted by atomic mass is 9.71. The molecule has 4 rings (SSSR count). The standard InChI is InChI=1S/C28H33ClFN3O3/c1-36-21-7-8-25-22(17-21)27(23(29)19-32-25)24(30)9-10-28(18-26(34)35)11-15-33(16-12-28)14-4-6-20-5-2-3-13-31-20/h2-3,5,7-8,13,17,19,24H,4,6,9-12,14-16,18H2,1H3,(H,34,35). The molecule has 3 heterocycles. The van der Waals surface area contributed by atoms with Gasteiger partial charge >= 0.3 is 5.97 Å². The van der Waals surface area contributed by atoms with Crippen molar-refractivity contribution in [1.82, 2.24) is 14.9 Å². The summed E-state index contributed by atoms with van der Waals surface area (Å²) in [6.45, 7) is 2.59. The summed E-state index contributed by atoms with van der Waals surface area (Å²) in [5.41, 5.74) is 1.72. The predicted octanol–water partition coefficient (Wildman–Crippen LogP) is 6.27. The molecule has 1 unspecified atom stereocenters. The summed E-state index contributed by atoms with van der Waals surface area (Å²) in [6, 6.07) is 11.3. The SMILES string of the molecule is COc1ccc2ncc(Cl)c(C(F)CCC3(CC(=O)O)CCN(CCCc4ccccn4)CC3)c2c1. The number of pyridine rings is 2. The summed E-state index contributed by atoms with van der Waals surface area (Å²) in [4.78, 5) is 22.8. The van der Waals surface area contributed by atoms with Crippen LogP contribution in [0.5, 0.6) is 5.75 Å². The van der Waals surface area contributed by atoms with Crippen molar-refractivity contribution in [2.45, 2.75) is 51.1 Å². The summed E-state index contributed by atoms with van der Waals surface area (Å²) in [5, 5.41) is 10.5. The van der Waals surface area contributed by atoms with Crippen LogP contribution in [0.2, 0.25) is 5.02 Å². The van der Waals surface area contributed by atoms with Crippen molar-refractivity contribution >= 4 is 28.5 Å². The van der Waals surface area contributed by atoms with Gasteiger partial charge in [-0.05, 0) is 93.9 Å². The van der Waals surface area contributed by atoms with Crippen LogP contribution in [0.4, 0.5) is 4.39 Å². The van der Waals surface area contributed by atoms with E-state index in [4.69, 9.17) is 16.3 Å². The number of nitrogens with zero attached hydrogens (tertiary/aromatic N) is 3. The number of aromatic nitrogens is 2. The van der Waals surface area contributed by atoms with Crippen LogP contribution in [0.3, 0.4) is 0 Å². The number of halogens is 2. The number of carboxylic acid groups (broad SMARTS) is 1. The molecule has 0 saturated carbocycles. The molecule has 1 aliphatic heterocycles. The van der Waals surface area contributed by atoms with Gasteiger partial charge in [0.1, 0.15) is 11.9 Å². The topological polar surface area (TPSA) is 75.6 Å². The molecule has 6 nitrogen and oxygen atoms in total. The molecule has 1 aromatic carbocycles. The van der Waals surface area contributed by atoms with Gasteiger partial charge in [0.2, 0.25) is 0 Å². The lowest BCUT2D eigenvalue weighted by Gasteiger charge is -2.41. The number of carboxylic acids is 1. The normalized spacial score (nSPS) is 16.6. The van der Waals surface area contributed by atoms with Gasteiger partial charge in [0.15, 0.2) is 0 Å². The third-order valence-corrected chi connectivity index (χ3v) is 7.69. The number of rotatable bonds is 11. The molecule has 0 amide bonds. The van der Waals surface area contributed by atoms with Crippen LogP contribution in [0.1, 0.15) is 56.0 Å². The Kier molecular flexibility index (Phi) is 8.75. The molecule has 0 aliphatic carbocycles. The molecule has 36 heavy (non-hydrogen) atoms. The number of aliphatic carboxylic acids is 1. The number of aryl methyl sites for hydroxylation is 1. The van der Waals surface area contributed by atoms with Gasteiger partial charge in [0.25, 0.3) is 0 Å². The van der Waals surface area contributed by atoms with Crippen LogP contribution in [0.25, 0.3) is 10.9 Å². The highest BCUT2D eigenvalue weighted by molar-refractivity contribution is 6.32. The Morgan fingerprint density at radius 3 is 2.75 bits per heavy atom. The summed E-state index contributed by atoms with van der Waals surface area (Å²) >= 11 is 6.40. The first kappa shape index (κ1) is 26.3. The zero-order valence-corrected chi connectivity index (χ0v) is 21.4. The number of benzene rings is 1. The third-order valence-electron chi connectivity index (χ3n) is 7.39. The molecule has 0 bridgehead atoms. The number of piperidine rings is 1. The maximum atomic E-state index is 15.7. The first-order valence-electron chi connectivity index (χ1n) is 12.5. The van der Waals surface area contributed by atoms with Crippen LogP contribution in [-0.4, -0.2) is 52.7 Å². The van der Waals surface area contributed by atoms with E-state index in [1.807, 2.05) is 24.4 Å². The van der Waals surface area contributed by atoms with Gasteiger partial charge < -0.3 is 14.7 Å². The molecule has 1 atom stereocenters. The second-order valence-electron chi connectivity index (χ2n) is 9.75. The Morgan fingerprint density at radius 1 is 1.25 bits per heavy atom. The average Bonchev–Trinajstić information content (AvgIpc) is 2.88. The molecule has 192 valence electrons. The van der Waals surface area contributed by atoms with E-state index in [1.165, 1.54) is 6.20 Å². The molecule has 0 radical (unpaired) electrons. The van der Waals surface area contributed by atoms with E-state index in [0.29, 0.717) is 28.6 Å². The number of likely N-dealkylation sites (tertiary alicyclic amines) is 1. The molecule has 1 saturated heterocycles. The number of fused-ring (bicyclic) bond motifs is 1. The summed E-state index contributed by atoms with van der Waals surface area (Å²) in [6.07, 6.45) is 6.15. The minimum atomic E-state index is -1.32. The van der Waals surface area contributed by atoms with Crippen molar-refractivity contribution in [2.75, 3.05) is 26.7 Å². The highest BCUT2D eigenvalue weighted by Crippen LogP contribution is 2.44. The molecule has 8 heteroatoms. The van der Waals surface area contributed by atoms with Gasteiger partial charge in [0.05, 0.1) is 24.1 Å². The highest BCUT2D eigenvalue weighted by atomic mass is 35.5. The van der Waals surface area contributed by atoms with Crippen LogP contribution >= 0.6 is 11.6 Å². The van der Waals surface area contributed by atoms with Crippen molar-refractivity contribution in [2.24, 2.45) is 5.41 Å². The van der Waals surface area contributed by atoms with Gasteiger partial charge in [-0.1, -0.05) is 17.7 Å². The van der Waals surface area contributed by atoms with Crippen molar-refractivity contribution in [3.8, 4) is 5.75 Å². The number of hydrogen-bond donors (Lipinski definition) is 1. The first-order chi connectivity index (χ1) is 17.4. The van der Waals surface area contributed by atoms with E-state index in [1.54, 1.807) is 25.3 Å². The first-order valence-corrected chi connectivity index (χ1v) is 12.9. The predicted molar refractivity (Wildman–Crippen MR) is 139 cm³/mol. The van der Waals surface area contributed by atoms with Crippen molar-refractivity contribution in [3.05, 3.63) is 65.1 Å². The smallest absolute Gasteiger partial charge is 0.303 e. The lowest BCUT2D eigenvalue weighted by molar-refractivity contribution is -0.141. The van der Waals surface area contributed by atoms with E-state index in [0.717, 1.165) is 51.0 Å². The Balaban J connectivity index is 1.39. The van der Waals surface area contributed by atoms with E-state index in [-0.39, 0.29) is 17.9 Å². The molecule has 3 aromatic rings. The molecule has 1 N–H and O–H groups in total. The number of hydrogen-bond acceptors (Lipinski definition) is 5. The van der Waals surface area contributed by atoms with Gasteiger partial charge in [-0.25, -0.2) is 4.39 Å². The van der Waals surface area contributed by atoms with Gasteiger partial charge in [-0.2, -0.15) is 0 Å². The fourth-order valence-corrected chi connectivity index (χ4v) is 5.58. The van der Waals surface area contributed by atoms with Crippen LogP contribution in [0.15, 0.2) is 48.8 Å². The Labute approximate surface area is 216 Å². The Morgan fingerprint density at radius 2 is 2.06 bits per heavy atom. The van der Waals surface area contributed by atoms with E-state index >= 15 is 4.39 Å². The van der Waals surface area contributed by atoms with E-state index in [9.17, 15) is 9.90 Å². The van der Waals surface area contributed by atoms with Crippen LogP contribution < -0.4 is 4.74 Å². The third kappa shape index (κ3) is 6.51. The Hall–Kier alpha value is -2.77. The number of ether oxygens (including phenoxy) is 1. The summed E-state index contributed by atoms with van der Waals surface area (Å²) < 4.78 is 21.0. The second kappa shape index (κ2) is 12.0. The fraction of sp³-hybridized carbons (Fsp3) is 0.464. The molecule has 1 aliphatic rings. The van der Waals surface area contributed by atoms with Crippen LogP contribution in [0, 0.1) is 5.41 Å². The second-order valence-corrected chi connectivity index (χ2v) is 10.2. The van der Waals surface area contributed by atoms with Crippen molar-refractivity contribution in [1.29, 1.82) is 0 Å². The minimum absolute atomic E-state index is 0.0557. The van der Waals surface area contributed by atoms with Crippen LogP contribution in [-0.2, 0) is 11.2 Å². The molecule has 0 spiro atoms.